The van der Waals surface area contributed by atoms with Crippen molar-refractivity contribution in [2.24, 2.45) is 5.92 Å². The zero-order valence-corrected chi connectivity index (χ0v) is 22.5. The number of carbonyl (C=O) groups excluding carboxylic acids is 1. The van der Waals surface area contributed by atoms with Crippen molar-refractivity contribution >= 4 is 81.5 Å². The van der Waals surface area contributed by atoms with E-state index in [-0.39, 0.29) is 23.2 Å². The number of hydrogen-bond acceptors (Lipinski definition) is 7. The number of carbonyl (C=O) groups is 1. The van der Waals surface area contributed by atoms with E-state index in [2.05, 4.69) is 20.9 Å². The molecular formula is C22H19BrClN3O4S3. The summed E-state index contributed by atoms with van der Waals surface area (Å²) in [5.74, 6) is -0.0337. The van der Waals surface area contributed by atoms with Gasteiger partial charge in [-0.2, -0.15) is 4.31 Å². The third kappa shape index (κ3) is 4.82. The molecule has 0 bridgehead atoms. The molecule has 0 saturated carbocycles. The summed E-state index contributed by atoms with van der Waals surface area (Å²) in [7, 11) is -3.71. The van der Waals surface area contributed by atoms with Crippen LogP contribution in [0.4, 0.5) is 5.13 Å². The Hall–Kier alpha value is -1.76. The highest BCUT2D eigenvalue weighted by Gasteiger charge is 2.37. The van der Waals surface area contributed by atoms with Gasteiger partial charge in [-0.25, -0.2) is 13.4 Å². The summed E-state index contributed by atoms with van der Waals surface area (Å²) in [4.78, 5) is 20.1. The Labute approximate surface area is 218 Å². The van der Waals surface area contributed by atoms with E-state index < -0.39 is 15.9 Å². The number of sulfonamides is 1. The maximum Gasteiger partial charge on any atom is 0.252 e. The molecule has 1 aliphatic heterocycles. The van der Waals surface area contributed by atoms with Crippen LogP contribution in [0.1, 0.15) is 18.6 Å². The standard InChI is InChI=1S/C22H19BrClN3O4S3/c23-15-5-6-17-18(11-15)32-22(25-17)27(13-16-4-2-10-31-16)21(28)14-3-1-9-26(12-14)34(29,30)20-8-7-19(24)33-20/h2,4-8,10-11,14H,1,3,9,12-13H2. The third-order valence-corrected chi connectivity index (χ3v) is 10.7. The Bertz CT molecular complexity index is 1430. The molecule has 0 spiro atoms. The van der Waals surface area contributed by atoms with Gasteiger partial charge in [0.2, 0.25) is 5.91 Å². The summed E-state index contributed by atoms with van der Waals surface area (Å²) in [5.41, 5.74) is 0.794. The molecule has 7 nitrogen and oxygen atoms in total. The van der Waals surface area contributed by atoms with Crippen LogP contribution in [0.3, 0.4) is 0 Å². The highest BCUT2D eigenvalue weighted by atomic mass is 79.9. The topological polar surface area (TPSA) is 83.7 Å². The minimum atomic E-state index is -3.71. The van der Waals surface area contributed by atoms with Crippen LogP contribution in [0.25, 0.3) is 10.2 Å². The van der Waals surface area contributed by atoms with E-state index in [4.69, 9.17) is 16.0 Å². The van der Waals surface area contributed by atoms with E-state index in [1.54, 1.807) is 23.3 Å². The van der Waals surface area contributed by atoms with Crippen LogP contribution in [0, 0.1) is 5.92 Å². The molecule has 12 heteroatoms. The predicted octanol–water partition coefficient (Wildman–Crippen LogP) is 6.00. The van der Waals surface area contributed by atoms with E-state index in [9.17, 15) is 13.2 Å². The number of hydrogen-bond donors (Lipinski definition) is 0. The van der Waals surface area contributed by atoms with Crippen LogP contribution < -0.4 is 4.90 Å². The third-order valence-electron chi connectivity index (χ3n) is 5.61. The van der Waals surface area contributed by atoms with Crippen molar-refractivity contribution in [2.75, 3.05) is 18.0 Å². The molecule has 1 fully saturated rings. The molecule has 1 atom stereocenters. The molecule has 3 aromatic heterocycles. The molecule has 1 aliphatic rings. The Balaban J connectivity index is 1.44. The first-order valence-electron chi connectivity index (χ1n) is 10.5. The lowest BCUT2D eigenvalue weighted by atomic mass is 9.98. The number of fused-ring (bicyclic) bond motifs is 1. The molecule has 1 saturated heterocycles. The summed E-state index contributed by atoms with van der Waals surface area (Å²) in [6.45, 7) is 0.702. The monoisotopic (exact) mass is 599 g/mol. The number of rotatable bonds is 6. The number of thiophene rings is 1. The number of aromatic nitrogens is 1. The van der Waals surface area contributed by atoms with Gasteiger partial charge in [-0.15, -0.1) is 11.3 Å². The van der Waals surface area contributed by atoms with Gasteiger partial charge in [-0.1, -0.05) is 38.9 Å². The Morgan fingerprint density at radius 2 is 2.12 bits per heavy atom. The molecule has 0 radical (unpaired) electrons. The summed E-state index contributed by atoms with van der Waals surface area (Å²) < 4.78 is 35.7. The number of piperidine rings is 1. The first-order chi connectivity index (χ1) is 16.3. The molecule has 4 heterocycles. The van der Waals surface area contributed by atoms with E-state index in [1.807, 2.05) is 24.3 Å². The minimum Gasteiger partial charge on any atom is -0.467 e. The van der Waals surface area contributed by atoms with Crippen molar-refractivity contribution < 1.29 is 17.6 Å². The van der Waals surface area contributed by atoms with Crippen molar-refractivity contribution in [1.29, 1.82) is 0 Å². The quantitative estimate of drug-likeness (QED) is 0.271. The second kappa shape index (κ2) is 9.71. The van der Waals surface area contributed by atoms with E-state index in [0.717, 1.165) is 26.0 Å². The predicted molar refractivity (Wildman–Crippen MR) is 138 cm³/mol. The van der Waals surface area contributed by atoms with E-state index >= 15 is 0 Å². The second-order valence-corrected chi connectivity index (χ2v) is 13.7. The number of nitrogens with zero attached hydrogens (tertiary/aromatic N) is 3. The Kier molecular flexibility index (Phi) is 6.84. The Morgan fingerprint density at radius 1 is 1.26 bits per heavy atom. The van der Waals surface area contributed by atoms with E-state index in [1.165, 1.54) is 21.7 Å². The molecule has 1 unspecified atom stereocenters. The molecule has 1 amide bonds. The molecule has 34 heavy (non-hydrogen) atoms. The summed E-state index contributed by atoms with van der Waals surface area (Å²) in [6, 6.07) is 12.4. The lowest BCUT2D eigenvalue weighted by molar-refractivity contribution is -0.123. The van der Waals surface area contributed by atoms with Gasteiger partial charge in [0.05, 0.1) is 33.3 Å². The largest absolute Gasteiger partial charge is 0.467 e. The SMILES string of the molecule is O=C(C1CCCN(S(=O)(=O)c2ccc(Cl)s2)C1)N(Cc1ccco1)c1nc2ccc(Br)cc2s1. The number of thiazole rings is 1. The second-order valence-electron chi connectivity index (χ2n) is 7.87. The van der Waals surface area contributed by atoms with Crippen LogP contribution >= 0.6 is 50.2 Å². The van der Waals surface area contributed by atoms with Crippen molar-refractivity contribution in [1.82, 2.24) is 9.29 Å². The first-order valence-corrected chi connectivity index (χ1v) is 14.7. The van der Waals surface area contributed by atoms with E-state index in [0.29, 0.717) is 34.6 Å². The summed E-state index contributed by atoms with van der Waals surface area (Å²) in [6.07, 6.45) is 2.76. The molecule has 178 valence electrons. The van der Waals surface area contributed by atoms with Crippen molar-refractivity contribution in [3.05, 3.63) is 63.3 Å². The molecule has 1 aromatic carbocycles. The van der Waals surface area contributed by atoms with Crippen LogP contribution in [-0.4, -0.2) is 36.7 Å². The zero-order chi connectivity index (χ0) is 23.9. The van der Waals surface area contributed by atoms with Crippen LogP contribution in [0.2, 0.25) is 4.34 Å². The average Bonchev–Trinajstić information content (AvgIpc) is 3.58. The number of anilines is 1. The highest BCUT2D eigenvalue weighted by molar-refractivity contribution is 9.10. The fourth-order valence-electron chi connectivity index (χ4n) is 3.95. The van der Waals surface area contributed by atoms with Gasteiger partial charge in [0, 0.05) is 17.6 Å². The van der Waals surface area contributed by atoms with Gasteiger partial charge in [0.1, 0.15) is 9.97 Å². The highest BCUT2D eigenvalue weighted by Crippen LogP contribution is 2.35. The maximum atomic E-state index is 13.8. The van der Waals surface area contributed by atoms with Crippen LogP contribution in [0.15, 0.2) is 61.8 Å². The van der Waals surface area contributed by atoms with Crippen molar-refractivity contribution in [3.8, 4) is 0 Å². The Morgan fingerprint density at radius 3 is 2.85 bits per heavy atom. The lowest BCUT2D eigenvalue weighted by Gasteiger charge is -2.33. The van der Waals surface area contributed by atoms with Crippen LogP contribution in [0.5, 0.6) is 0 Å². The summed E-state index contributed by atoms with van der Waals surface area (Å²) in [5, 5.41) is 0.555. The number of halogens is 2. The number of benzene rings is 1. The molecule has 5 rings (SSSR count). The van der Waals surface area contributed by atoms with Crippen molar-refractivity contribution in [2.45, 2.75) is 23.6 Å². The summed E-state index contributed by atoms with van der Waals surface area (Å²) >= 11 is 11.9. The normalized spacial score (nSPS) is 17.3. The van der Waals surface area contributed by atoms with Crippen molar-refractivity contribution in [3.63, 3.8) is 0 Å². The zero-order valence-electron chi connectivity index (χ0n) is 17.7. The van der Waals surface area contributed by atoms with Crippen LogP contribution in [-0.2, 0) is 21.4 Å². The molecule has 4 aromatic rings. The molecule has 0 aliphatic carbocycles. The van der Waals surface area contributed by atoms with Gasteiger partial charge < -0.3 is 4.42 Å². The maximum absolute atomic E-state index is 13.8. The van der Waals surface area contributed by atoms with Gasteiger partial charge >= 0.3 is 0 Å². The fourth-order valence-corrected chi connectivity index (χ4v) is 8.63. The van der Waals surface area contributed by atoms with Gasteiger partial charge in [-0.05, 0) is 55.3 Å². The number of amides is 1. The first kappa shape index (κ1) is 24.0. The molecule has 0 N–H and O–H groups in total. The van der Waals surface area contributed by atoms with Gasteiger partial charge in [0.25, 0.3) is 10.0 Å². The van der Waals surface area contributed by atoms with Gasteiger partial charge in [0.15, 0.2) is 5.13 Å². The lowest BCUT2D eigenvalue weighted by Crippen LogP contribution is -2.46. The minimum absolute atomic E-state index is 0.113. The number of furan rings is 1. The smallest absolute Gasteiger partial charge is 0.252 e. The average molecular weight is 601 g/mol. The van der Waals surface area contributed by atoms with Gasteiger partial charge in [-0.3, -0.25) is 9.69 Å². The fraction of sp³-hybridized carbons (Fsp3) is 0.273. The molecular weight excluding hydrogens is 582 g/mol.